The Kier molecular flexibility index (Phi) is 6.92. The van der Waals surface area contributed by atoms with Crippen LogP contribution < -0.4 is 10.1 Å². The van der Waals surface area contributed by atoms with Crippen LogP contribution in [0, 0.1) is 12.7 Å². The molecule has 0 unspecified atom stereocenters. The number of amides is 1. The van der Waals surface area contributed by atoms with Crippen molar-refractivity contribution in [2.75, 3.05) is 5.32 Å². The number of alkyl halides is 3. The number of hydrogen-bond acceptors (Lipinski definition) is 6. The van der Waals surface area contributed by atoms with Gasteiger partial charge in [0.2, 0.25) is 0 Å². The number of halogens is 4. The minimum atomic E-state index is -4.89. The van der Waals surface area contributed by atoms with Crippen molar-refractivity contribution in [1.82, 2.24) is 10.2 Å². The van der Waals surface area contributed by atoms with Gasteiger partial charge in [0.15, 0.2) is 15.5 Å². The molecule has 0 aliphatic heterocycles. The Morgan fingerprint density at radius 3 is 2.38 bits per heavy atom. The van der Waals surface area contributed by atoms with E-state index in [0.717, 1.165) is 12.1 Å². The van der Waals surface area contributed by atoms with Gasteiger partial charge in [-0.2, -0.15) is 13.2 Å². The van der Waals surface area contributed by atoms with Crippen LogP contribution >= 0.6 is 0 Å². The predicted octanol–water partition coefficient (Wildman–Crippen LogP) is 5.17. The monoisotopic (exact) mass is 497 g/mol. The van der Waals surface area contributed by atoms with E-state index in [0.29, 0.717) is 11.6 Å². The zero-order valence-corrected chi connectivity index (χ0v) is 19.0. The fourth-order valence-electron chi connectivity index (χ4n) is 2.81. The Balaban J connectivity index is 2.00. The van der Waals surface area contributed by atoms with Crippen molar-refractivity contribution in [3.05, 3.63) is 71.2 Å². The summed E-state index contributed by atoms with van der Waals surface area (Å²) in [7, 11) is -3.66. The maximum atomic E-state index is 13.4. The lowest BCUT2D eigenvalue weighted by Crippen LogP contribution is -2.18. The number of anilines is 1. The maximum absolute atomic E-state index is 13.4. The smallest absolute Gasteiger partial charge is 0.435 e. The highest BCUT2D eigenvalue weighted by molar-refractivity contribution is 7.92. The number of ether oxygens (including phenoxy) is 1. The van der Waals surface area contributed by atoms with Gasteiger partial charge in [-0.15, -0.1) is 10.2 Å². The van der Waals surface area contributed by atoms with E-state index in [2.05, 4.69) is 15.5 Å². The number of carbonyl (C=O) groups is 1. The number of benzene rings is 2. The van der Waals surface area contributed by atoms with Gasteiger partial charge in [-0.3, -0.25) is 4.79 Å². The summed E-state index contributed by atoms with van der Waals surface area (Å²) < 4.78 is 83.3. The molecule has 1 aromatic heterocycles. The maximum Gasteiger partial charge on any atom is 0.435 e. The van der Waals surface area contributed by atoms with E-state index in [1.54, 1.807) is 0 Å². The molecule has 12 heteroatoms. The summed E-state index contributed by atoms with van der Waals surface area (Å²) in [5.74, 6) is -2.10. The van der Waals surface area contributed by atoms with Crippen molar-refractivity contribution >= 4 is 21.4 Å². The van der Waals surface area contributed by atoms with Gasteiger partial charge in [0.05, 0.1) is 10.1 Å². The van der Waals surface area contributed by atoms with Gasteiger partial charge in [0.25, 0.3) is 11.8 Å². The van der Waals surface area contributed by atoms with Crippen LogP contribution in [0.5, 0.6) is 11.6 Å². The van der Waals surface area contributed by atoms with Gasteiger partial charge in [-0.05, 0) is 68.8 Å². The van der Waals surface area contributed by atoms with Crippen LogP contribution in [0.4, 0.5) is 23.2 Å². The molecule has 0 aliphatic rings. The van der Waals surface area contributed by atoms with Crippen molar-refractivity contribution in [1.29, 1.82) is 0 Å². The van der Waals surface area contributed by atoms with Crippen molar-refractivity contribution in [3.8, 4) is 11.6 Å². The molecule has 1 amide bonds. The quantitative estimate of drug-likeness (QED) is 0.472. The molecule has 1 N–H and O–H groups in total. The lowest BCUT2D eigenvalue weighted by Gasteiger charge is -2.14. The summed E-state index contributed by atoms with van der Waals surface area (Å²) in [4.78, 5) is 12.8. The first-order chi connectivity index (χ1) is 15.8. The third kappa shape index (κ3) is 5.50. The largest absolute Gasteiger partial charge is 0.437 e. The molecule has 180 valence electrons. The number of sulfone groups is 1. The Morgan fingerprint density at radius 2 is 1.76 bits per heavy atom. The molecule has 2 aromatic carbocycles. The minimum absolute atomic E-state index is 0.0287. The molecule has 0 atom stereocenters. The van der Waals surface area contributed by atoms with Crippen LogP contribution in [0.15, 0.2) is 53.4 Å². The van der Waals surface area contributed by atoms with E-state index in [-0.39, 0.29) is 16.3 Å². The summed E-state index contributed by atoms with van der Waals surface area (Å²) in [6, 6.07) is 9.19. The standard InChI is InChI=1S/C22H19F4N3O4S/c1-12(2)34(31,32)16-6-4-5-15(10-16)27-20(30)17-11-19(22(24,25)26)28-29-21(17)33-18-8-7-14(23)9-13(18)3/h4-12H,1-3H3,(H,27,30). The molecule has 1 heterocycles. The SMILES string of the molecule is Cc1cc(F)ccc1Oc1nnc(C(F)(F)F)cc1C(=O)Nc1cccc(S(=O)(=O)C(C)C)c1. The molecule has 0 radical (unpaired) electrons. The van der Waals surface area contributed by atoms with Crippen molar-refractivity contribution in [2.24, 2.45) is 0 Å². The topological polar surface area (TPSA) is 98.2 Å². The second-order valence-electron chi connectivity index (χ2n) is 7.53. The molecule has 0 saturated carbocycles. The Hall–Kier alpha value is -3.54. The summed E-state index contributed by atoms with van der Waals surface area (Å²) in [6.07, 6.45) is -4.89. The van der Waals surface area contributed by atoms with E-state index in [1.807, 2.05) is 0 Å². The molecular formula is C22H19F4N3O4S. The van der Waals surface area contributed by atoms with Crippen LogP contribution in [0.2, 0.25) is 0 Å². The van der Waals surface area contributed by atoms with Gasteiger partial charge in [0.1, 0.15) is 17.1 Å². The molecule has 0 aliphatic carbocycles. The minimum Gasteiger partial charge on any atom is -0.437 e. The van der Waals surface area contributed by atoms with E-state index in [4.69, 9.17) is 4.74 Å². The number of aromatic nitrogens is 2. The summed E-state index contributed by atoms with van der Waals surface area (Å²) in [6.45, 7) is 4.47. The van der Waals surface area contributed by atoms with E-state index < -0.39 is 50.1 Å². The van der Waals surface area contributed by atoms with E-state index >= 15 is 0 Å². The van der Waals surface area contributed by atoms with Crippen LogP contribution in [-0.2, 0) is 16.0 Å². The fourth-order valence-corrected chi connectivity index (χ4v) is 3.91. The highest BCUT2D eigenvalue weighted by atomic mass is 32.2. The molecule has 34 heavy (non-hydrogen) atoms. The summed E-state index contributed by atoms with van der Waals surface area (Å²) in [5, 5.41) is 8.11. The molecule has 0 saturated heterocycles. The number of nitrogens with zero attached hydrogens (tertiary/aromatic N) is 2. The van der Waals surface area contributed by atoms with Gasteiger partial charge >= 0.3 is 6.18 Å². The lowest BCUT2D eigenvalue weighted by molar-refractivity contribution is -0.141. The van der Waals surface area contributed by atoms with Gasteiger partial charge in [-0.25, -0.2) is 12.8 Å². The molecule has 0 fully saturated rings. The van der Waals surface area contributed by atoms with Crippen molar-refractivity contribution in [2.45, 2.75) is 37.1 Å². The fraction of sp³-hybridized carbons (Fsp3) is 0.227. The van der Waals surface area contributed by atoms with Crippen LogP contribution in [0.25, 0.3) is 0 Å². The third-order valence-corrected chi connectivity index (χ3v) is 6.83. The van der Waals surface area contributed by atoms with Crippen molar-refractivity contribution in [3.63, 3.8) is 0 Å². The van der Waals surface area contributed by atoms with Gasteiger partial charge in [0, 0.05) is 5.69 Å². The van der Waals surface area contributed by atoms with Crippen LogP contribution in [0.3, 0.4) is 0 Å². The first-order valence-corrected chi connectivity index (χ1v) is 11.4. The molecule has 0 bridgehead atoms. The normalized spacial score (nSPS) is 12.0. The Labute approximate surface area is 192 Å². The second kappa shape index (κ2) is 9.37. The molecule has 3 rings (SSSR count). The summed E-state index contributed by atoms with van der Waals surface area (Å²) in [5.41, 5.74) is -1.71. The lowest BCUT2D eigenvalue weighted by atomic mass is 10.2. The number of carbonyl (C=O) groups excluding carboxylic acids is 1. The average molecular weight is 497 g/mol. The third-order valence-electron chi connectivity index (χ3n) is 4.68. The van der Waals surface area contributed by atoms with E-state index in [1.165, 1.54) is 51.1 Å². The highest BCUT2D eigenvalue weighted by Gasteiger charge is 2.35. The zero-order chi connectivity index (χ0) is 25.3. The second-order valence-corrected chi connectivity index (χ2v) is 10.0. The van der Waals surface area contributed by atoms with Gasteiger partial charge < -0.3 is 10.1 Å². The molecule has 7 nitrogen and oxygen atoms in total. The molecular weight excluding hydrogens is 478 g/mol. The Bertz CT molecular complexity index is 1340. The highest BCUT2D eigenvalue weighted by Crippen LogP contribution is 2.32. The Morgan fingerprint density at radius 1 is 1.06 bits per heavy atom. The van der Waals surface area contributed by atoms with Gasteiger partial charge in [-0.1, -0.05) is 6.07 Å². The van der Waals surface area contributed by atoms with Crippen LogP contribution in [0.1, 0.15) is 35.5 Å². The van der Waals surface area contributed by atoms with E-state index in [9.17, 15) is 30.8 Å². The van der Waals surface area contributed by atoms with Crippen molar-refractivity contribution < 1.29 is 35.5 Å². The number of nitrogens with one attached hydrogen (secondary N) is 1. The first kappa shape index (κ1) is 25.1. The first-order valence-electron chi connectivity index (χ1n) is 9.83. The predicted molar refractivity (Wildman–Crippen MR) is 115 cm³/mol. The number of aryl methyl sites for hydroxylation is 1. The molecule has 3 aromatic rings. The average Bonchev–Trinajstić information content (AvgIpc) is 2.75. The number of rotatable bonds is 6. The summed E-state index contributed by atoms with van der Waals surface area (Å²) >= 11 is 0. The van der Waals surface area contributed by atoms with Crippen LogP contribution in [-0.4, -0.2) is 29.8 Å². The molecule has 0 spiro atoms. The number of hydrogen-bond donors (Lipinski definition) is 1. The zero-order valence-electron chi connectivity index (χ0n) is 18.1.